The number of hydrogen-bond donors (Lipinski definition) is 1. The molecule has 24 heavy (non-hydrogen) atoms. The molecule has 0 aliphatic rings. The smallest absolute Gasteiger partial charge is 0.217 e. The van der Waals surface area contributed by atoms with Crippen LogP contribution in [0.1, 0.15) is 47.2 Å². The molecule has 0 radical (unpaired) electrons. The first kappa shape index (κ1) is 17.9. The molecule has 126 valence electrons. The average Bonchev–Trinajstić information content (AvgIpc) is 2.61. The SMILES string of the molecule is NC(=O)CCCCCOCc1cccc(C(=O)c2ccccc2)c1. The number of amides is 1. The lowest BCUT2D eigenvalue weighted by Crippen LogP contribution is -2.09. The van der Waals surface area contributed by atoms with E-state index in [-0.39, 0.29) is 11.7 Å². The fourth-order valence-electron chi connectivity index (χ4n) is 2.43. The molecule has 2 aromatic carbocycles. The van der Waals surface area contributed by atoms with Crippen molar-refractivity contribution in [3.8, 4) is 0 Å². The van der Waals surface area contributed by atoms with Gasteiger partial charge in [0, 0.05) is 24.2 Å². The summed E-state index contributed by atoms with van der Waals surface area (Å²) in [7, 11) is 0. The Morgan fingerprint density at radius 1 is 0.875 bits per heavy atom. The summed E-state index contributed by atoms with van der Waals surface area (Å²) in [6.45, 7) is 1.11. The Morgan fingerprint density at radius 2 is 1.62 bits per heavy atom. The van der Waals surface area contributed by atoms with E-state index in [2.05, 4.69) is 0 Å². The first-order valence-corrected chi connectivity index (χ1v) is 8.21. The van der Waals surface area contributed by atoms with E-state index >= 15 is 0 Å². The van der Waals surface area contributed by atoms with Gasteiger partial charge in [-0.15, -0.1) is 0 Å². The van der Waals surface area contributed by atoms with E-state index in [1.54, 1.807) is 0 Å². The first-order chi connectivity index (χ1) is 11.7. The van der Waals surface area contributed by atoms with Gasteiger partial charge in [-0.25, -0.2) is 0 Å². The molecule has 0 aliphatic carbocycles. The van der Waals surface area contributed by atoms with Crippen LogP contribution >= 0.6 is 0 Å². The topological polar surface area (TPSA) is 69.4 Å². The van der Waals surface area contributed by atoms with Gasteiger partial charge in [0.1, 0.15) is 0 Å². The zero-order valence-electron chi connectivity index (χ0n) is 13.7. The van der Waals surface area contributed by atoms with Crippen molar-refractivity contribution in [3.05, 3.63) is 71.3 Å². The van der Waals surface area contributed by atoms with E-state index < -0.39 is 0 Å². The molecule has 0 unspecified atom stereocenters. The summed E-state index contributed by atoms with van der Waals surface area (Å²) in [5.41, 5.74) is 7.43. The maximum absolute atomic E-state index is 12.4. The van der Waals surface area contributed by atoms with Gasteiger partial charge in [0.25, 0.3) is 0 Å². The van der Waals surface area contributed by atoms with Crippen LogP contribution in [0.2, 0.25) is 0 Å². The minimum Gasteiger partial charge on any atom is -0.377 e. The van der Waals surface area contributed by atoms with Crippen molar-refractivity contribution < 1.29 is 14.3 Å². The van der Waals surface area contributed by atoms with Gasteiger partial charge < -0.3 is 10.5 Å². The standard InChI is InChI=1S/C20H23NO3/c21-19(22)12-5-2-6-13-24-15-16-8-7-11-18(14-16)20(23)17-9-3-1-4-10-17/h1,3-4,7-11,14H,2,5-6,12-13,15H2,(H2,21,22). The van der Waals surface area contributed by atoms with Crippen LogP contribution in [0, 0.1) is 0 Å². The van der Waals surface area contributed by atoms with Crippen molar-refractivity contribution in [1.29, 1.82) is 0 Å². The second-order valence-electron chi connectivity index (χ2n) is 5.73. The number of ether oxygens (including phenoxy) is 1. The molecule has 0 saturated carbocycles. The van der Waals surface area contributed by atoms with E-state index in [4.69, 9.17) is 10.5 Å². The number of carbonyl (C=O) groups excluding carboxylic acids is 2. The van der Waals surface area contributed by atoms with Gasteiger partial charge in [0.15, 0.2) is 5.78 Å². The molecule has 2 rings (SSSR count). The molecular weight excluding hydrogens is 302 g/mol. The quantitative estimate of drug-likeness (QED) is 0.537. The second-order valence-corrected chi connectivity index (χ2v) is 5.73. The number of ketones is 1. The summed E-state index contributed by atoms with van der Waals surface area (Å²) in [6.07, 6.45) is 3.06. The van der Waals surface area contributed by atoms with Crippen molar-refractivity contribution in [3.63, 3.8) is 0 Å². The maximum atomic E-state index is 12.4. The molecule has 2 N–H and O–H groups in total. The Labute approximate surface area is 142 Å². The Hall–Kier alpha value is -2.46. The van der Waals surface area contributed by atoms with Crippen molar-refractivity contribution in [1.82, 2.24) is 0 Å². The van der Waals surface area contributed by atoms with Crippen LogP contribution in [0.15, 0.2) is 54.6 Å². The van der Waals surface area contributed by atoms with Crippen LogP contribution < -0.4 is 5.73 Å². The summed E-state index contributed by atoms with van der Waals surface area (Å²) in [6, 6.07) is 16.8. The van der Waals surface area contributed by atoms with Gasteiger partial charge in [0.05, 0.1) is 6.61 Å². The van der Waals surface area contributed by atoms with Gasteiger partial charge in [0.2, 0.25) is 5.91 Å². The van der Waals surface area contributed by atoms with Crippen molar-refractivity contribution in [2.75, 3.05) is 6.61 Å². The molecule has 0 aliphatic heterocycles. The van der Waals surface area contributed by atoms with E-state index in [0.717, 1.165) is 24.8 Å². The van der Waals surface area contributed by atoms with Crippen LogP contribution in [0.4, 0.5) is 0 Å². The van der Waals surface area contributed by atoms with Crippen LogP contribution in [0.3, 0.4) is 0 Å². The zero-order valence-corrected chi connectivity index (χ0v) is 13.7. The average molecular weight is 325 g/mol. The predicted octanol–water partition coefficient (Wildman–Crippen LogP) is 3.48. The predicted molar refractivity (Wildman–Crippen MR) is 93.6 cm³/mol. The Morgan fingerprint density at radius 3 is 2.38 bits per heavy atom. The minimum absolute atomic E-state index is 0.0175. The number of carbonyl (C=O) groups is 2. The first-order valence-electron chi connectivity index (χ1n) is 8.21. The summed E-state index contributed by atoms with van der Waals surface area (Å²) < 4.78 is 5.64. The largest absolute Gasteiger partial charge is 0.377 e. The molecular formula is C20H23NO3. The van der Waals surface area contributed by atoms with E-state index in [1.165, 1.54) is 0 Å². The summed E-state index contributed by atoms with van der Waals surface area (Å²) in [5, 5.41) is 0. The lowest BCUT2D eigenvalue weighted by molar-refractivity contribution is -0.118. The van der Waals surface area contributed by atoms with E-state index in [1.807, 2.05) is 54.6 Å². The number of rotatable bonds is 10. The lowest BCUT2D eigenvalue weighted by Gasteiger charge is -2.07. The van der Waals surface area contributed by atoms with Gasteiger partial charge in [-0.1, -0.05) is 55.0 Å². The van der Waals surface area contributed by atoms with Crippen LogP contribution in [-0.4, -0.2) is 18.3 Å². The molecule has 0 atom stereocenters. The van der Waals surface area contributed by atoms with E-state index in [9.17, 15) is 9.59 Å². The van der Waals surface area contributed by atoms with Crippen molar-refractivity contribution in [2.45, 2.75) is 32.3 Å². The minimum atomic E-state index is -0.254. The summed E-state index contributed by atoms with van der Waals surface area (Å²) >= 11 is 0. The third-order valence-corrected chi connectivity index (χ3v) is 3.71. The summed E-state index contributed by atoms with van der Waals surface area (Å²) in [4.78, 5) is 23.0. The number of nitrogens with two attached hydrogens (primary N) is 1. The Bertz CT molecular complexity index is 668. The molecule has 0 fully saturated rings. The van der Waals surface area contributed by atoms with Crippen LogP contribution in [0.25, 0.3) is 0 Å². The molecule has 0 spiro atoms. The Kier molecular flexibility index (Phi) is 7.18. The van der Waals surface area contributed by atoms with E-state index in [0.29, 0.717) is 30.8 Å². The van der Waals surface area contributed by atoms with Gasteiger partial charge in [-0.3, -0.25) is 9.59 Å². The van der Waals surface area contributed by atoms with Gasteiger partial charge in [-0.05, 0) is 24.5 Å². The van der Waals surface area contributed by atoms with Crippen molar-refractivity contribution in [2.24, 2.45) is 5.73 Å². The molecule has 0 heterocycles. The third-order valence-electron chi connectivity index (χ3n) is 3.71. The third kappa shape index (κ3) is 5.97. The number of primary amides is 1. The molecule has 4 nitrogen and oxygen atoms in total. The van der Waals surface area contributed by atoms with Gasteiger partial charge in [-0.2, -0.15) is 0 Å². The highest BCUT2D eigenvalue weighted by molar-refractivity contribution is 6.09. The van der Waals surface area contributed by atoms with Crippen LogP contribution in [-0.2, 0) is 16.1 Å². The highest BCUT2D eigenvalue weighted by atomic mass is 16.5. The molecule has 0 bridgehead atoms. The normalized spacial score (nSPS) is 10.5. The summed E-state index contributed by atoms with van der Waals surface area (Å²) in [5.74, 6) is -0.236. The fraction of sp³-hybridized carbons (Fsp3) is 0.300. The monoisotopic (exact) mass is 325 g/mol. The number of unbranched alkanes of at least 4 members (excludes halogenated alkanes) is 2. The number of benzene rings is 2. The van der Waals surface area contributed by atoms with Crippen molar-refractivity contribution >= 4 is 11.7 Å². The zero-order chi connectivity index (χ0) is 17.2. The lowest BCUT2D eigenvalue weighted by atomic mass is 10.0. The molecule has 0 aromatic heterocycles. The molecule has 2 aromatic rings. The Balaban J connectivity index is 1.79. The number of hydrogen-bond acceptors (Lipinski definition) is 3. The fourth-order valence-corrected chi connectivity index (χ4v) is 2.43. The highest BCUT2D eigenvalue weighted by Gasteiger charge is 2.08. The molecule has 0 saturated heterocycles. The highest BCUT2D eigenvalue weighted by Crippen LogP contribution is 2.13. The van der Waals surface area contributed by atoms with Crippen LogP contribution in [0.5, 0.6) is 0 Å². The maximum Gasteiger partial charge on any atom is 0.217 e. The van der Waals surface area contributed by atoms with Gasteiger partial charge >= 0.3 is 0 Å². The second kappa shape index (κ2) is 9.63. The molecule has 1 amide bonds. The molecule has 4 heteroatoms.